The fraction of sp³-hybridized carbons (Fsp3) is 0.294. The van der Waals surface area contributed by atoms with Gasteiger partial charge in [-0.3, -0.25) is 23.3 Å². The molecule has 0 aliphatic rings. The van der Waals surface area contributed by atoms with Crippen LogP contribution in [0.15, 0.2) is 27.8 Å². The number of imidazole rings is 1. The van der Waals surface area contributed by atoms with E-state index in [-0.39, 0.29) is 28.9 Å². The number of amides is 1. The van der Waals surface area contributed by atoms with E-state index in [1.165, 1.54) is 23.2 Å². The Balaban J connectivity index is 1.99. The van der Waals surface area contributed by atoms with Crippen molar-refractivity contribution in [2.75, 3.05) is 5.32 Å². The molecule has 0 aliphatic heterocycles. The van der Waals surface area contributed by atoms with Crippen molar-refractivity contribution in [3.63, 3.8) is 0 Å². The van der Waals surface area contributed by atoms with E-state index in [2.05, 4.69) is 10.3 Å². The quantitative estimate of drug-likeness (QED) is 0.699. The predicted octanol–water partition coefficient (Wildman–Crippen LogP) is 1.34. The lowest BCUT2D eigenvalue weighted by Crippen LogP contribution is -2.37. The van der Waals surface area contributed by atoms with Gasteiger partial charge in [-0.15, -0.1) is 0 Å². The van der Waals surface area contributed by atoms with Gasteiger partial charge in [0, 0.05) is 19.8 Å². The molecule has 2 heterocycles. The zero-order valence-corrected chi connectivity index (χ0v) is 15.6. The normalized spacial score (nSPS) is 11.1. The summed E-state index contributed by atoms with van der Waals surface area (Å²) in [5, 5.41) is 2.74. The van der Waals surface area contributed by atoms with E-state index in [1.807, 2.05) is 26.0 Å². The van der Waals surface area contributed by atoms with Crippen LogP contribution in [-0.2, 0) is 25.4 Å². The Kier molecular flexibility index (Phi) is 4.45. The minimum Gasteiger partial charge on any atom is -0.325 e. The van der Waals surface area contributed by atoms with Crippen LogP contribution in [0.25, 0.3) is 11.2 Å². The predicted molar refractivity (Wildman–Crippen MR) is 99.8 cm³/mol. The first-order valence-corrected chi connectivity index (χ1v) is 8.27. The monoisotopic (exact) mass is 375 g/mol. The molecule has 2 aromatic heterocycles. The van der Waals surface area contributed by atoms with Crippen molar-refractivity contribution in [1.29, 1.82) is 0 Å². The van der Waals surface area contributed by atoms with Crippen LogP contribution in [0.1, 0.15) is 11.1 Å². The second-order valence-electron chi connectivity index (χ2n) is 6.19. The number of carbonyl (C=O) groups is 1. The summed E-state index contributed by atoms with van der Waals surface area (Å²) in [6.45, 7) is 3.74. The standard InChI is InChI=1S/C17H18ClN5O3/c1-9-5-6-11(7-10(9)2)19-12(24)8-23-13-14(20-16(23)18)21(3)17(26)22(4)15(13)25/h5-7H,8H2,1-4H3,(H,19,24). The minimum atomic E-state index is -0.554. The SMILES string of the molecule is Cc1ccc(NC(=O)Cn2c(Cl)nc3c2c(=O)n(C)c(=O)n3C)cc1C. The molecule has 1 aromatic carbocycles. The lowest BCUT2D eigenvalue weighted by atomic mass is 10.1. The number of nitrogens with zero attached hydrogens (tertiary/aromatic N) is 4. The third-order valence-corrected chi connectivity index (χ3v) is 4.68. The van der Waals surface area contributed by atoms with Crippen LogP contribution in [-0.4, -0.2) is 24.6 Å². The molecule has 0 fully saturated rings. The summed E-state index contributed by atoms with van der Waals surface area (Å²) in [6, 6.07) is 5.58. The van der Waals surface area contributed by atoms with Crippen molar-refractivity contribution in [3.05, 3.63) is 55.4 Å². The van der Waals surface area contributed by atoms with Crippen molar-refractivity contribution >= 4 is 34.4 Å². The maximum absolute atomic E-state index is 12.5. The molecule has 1 N–H and O–H groups in total. The highest BCUT2D eigenvalue weighted by Gasteiger charge is 2.19. The molecule has 9 heteroatoms. The van der Waals surface area contributed by atoms with Gasteiger partial charge in [0.1, 0.15) is 6.54 Å². The fourth-order valence-electron chi connectivity index (χ4n) is 2.73. The van der Waals surface area contributed by atoms with E-state index in [0.717, 1.165) is 15.7 Å². The topological polar surface area (TPSA) is 90.9 Å². The number of nitrogens with one attached hydrogen (secondary N) is 1. The molecule has 0 bridgehead atoms. The molecule has 3 rings (SSSR count). The Morgan fingerprint density at radius 2 is 1.85 bits per heavy atom. The van der Waals surface area contributed by atoms with Crippen LogP contribution in [0.5, 0.6) is 0 Å². The maximum Gasteiger partial charge on any atom is 0.332 e. The van der Waals surface area contributed by atoms with E-state index in [1.54, 1.807) is 6.07 Å². The van der Waals surface area contributed by atoms with Crippen LogP contribution in [0.3, 0.4) is 0 Å². The Morgan fingerprint density at radius 1 is 1.15 bits per heavy atom. The molecular formula is C17H18ClN5O3. The first-order chi connectivity index (χ1) is 12.2. The molecule has 0 saturated heterocycles. The van der Waals surface area contributed by atoms with E-state index < -0.39 is 11.2 Å². The van der Waals surface area contributed by atoms with Crippen molar-refractivity contribution in [1.82, 2.24) is 18.7 Å². The van der Waals surface area contributed by atoms with Gasteiger partial charge in [0.05, 0.1) is 0 Å². The Morgan fingerprint density at radius 3 is 2.50 bits per heavy atom. The number of anilines is 1. The van der Waals surface area contributed by atoms with Gasteiger partial charge in [0.25, 0.3) is 5.56 Å². The number of hydrogen-bond acceptors (Lipinski definition) is 4. The van der Waals surface area contributed by atoms with E-state index in [9.17, 15) is 14.4 Å². The molecule has 0 saturated carbocycles. The van der Waals surface area contributed by atoms with Gasteiger partial charge in [-0.05, 0) is 48.7 Å². The molecule has 26 heavy (non-hydrogen) atoms. The molecule has 0 unspecified atom stereocenters. The average Bonchev–Trinajstić information content (AvgIpc) is 2.91. The summed E-state index contributed by atoms with van der Waals surface area (Å²) in [5.41, 5.74) is 2.01. The molecule has 136 valence electrons. The van der Waals surface area contributed by atoms with Crippen LogP contribution in [0.4, 0.5) is 5.69 Å². The highest BCUT2D eigenvalue weighted by molar-refractivity contribution is 6.29. The van der Waals surface area contributed by atoms with Gasteiger partial charge >= 0.3 is 5.69 Å². The summed E-state index contributed by atoms with van der Waals surface area (Å²) in [6.07, 6.45) is 0. The molecule has 0 spiro atoms. The van der Waals surface area contributed by atoms with Gasteiger partial charge in [-0.25, -0.2) is 4.79 Å². The Bertz CT molecular complexity index is 1160. The summed E-state index contributed by atoms with van der Waals surface area (Å²) in [7, 11) is 2.86. The third-order valence-electron chi connectivity index (χ3n) is 4.39. The number of hydrogen-bond donors (Lipinski definition) is 1. The second-order valence-corrected chi connectivity index (χ2v) is 6.53. The zero-order chi connectivity index (χ0) is 19.2. The molecule has 0 atom stereocenters. The zero-order valence-electron chi connectivity index (χ0n) is 14.8. The lowest BCUT2D eigenvalue weighted by molar-refractivity contribution is -0.116. The maximum atomic E-state index is 12.5. The number of halogens is 1. The van der Waals surface area contributed by atoms with Crippen molar-refractivity contribution in [3.8, 4) is 0 Å². The molecule has 8 nitrogen and oxygen atoms in total. The fourth-order valence-corrected chi connectivity index (χ4v) is 2.95. The Labute approximate surface area is 153 Å². The van der Waals surface area contributed by atoms with E-state index in [0.29, 0.717) is 5.69 Å². The van der Waals surface area contributed by atoms with Crippen LogP contribution in [0.2, 0.25) is 5.28 Å². The summed E-state index contributed by atoms with van der Waals surface area (Å²) >= 11 is 6.12. The van der Waals surface area contributed by atoms with Gasteiger partial charge in [-0.1, -0.05) is 6.07 Å². The number of aryl methyl sites for hydroxylation is 3. The first kappa shape index (κ1) is 17.9. The number of fused-ring (bicyclic) bond motifs is 1. The van der Waals surface area contributed by atoms with Crippen molar-refractivity contribution in [2.45, 2.75) is 20.4 Å². The number of benzene rings is 1. The highest BCUT2D eigenvalue weighted by atomic mass is 35.5. The van der Waals surface area contributed by atoms with Crippen molar-refractivity contribution < 1.29 is 4.79 Å². The summed E-state index contributed by atoms with van der Waals surface area (Å²) in [4.78, 5) is 40.9. The minimum absolute atomic E-state index is 0.0338. The largest absolute Gasteiger partial charge is 0.332 e. The third kappa shape index (κ3) is 2.92. The van der Waals surface area contributed by atoms with Crippen LogP contribution < -0.4 is 16.6 Å². The van der Waals surface area contributed by atoms with Crippen molar-refractivity contribution in [2.24, 2.45) is 14.1 Å². The lowest BCUT2D eigenvalue weighted by Gasteiger charge is -2.10. The number of rotatable bonds is 3. The van der Waals surface area contributed by atoms with Crippen LogP contribution in [0, 0.1) is 13.8 Å². The number of aromatic nitrogens is 4. The second kappa shape index (κ2) is 6.45. The van der Waals surface area contributed by atoms with E-state index >= 15 is 0 Å². The summed E-state index contributed by atoms with van der Waals surface area (Å²) < 4.78 is 3.48. The smallest absolute Gasteiger partial charge is 0.325 e. The van der Waals surface area contributed by atoms with Gasteiger partial charge < -0.3 is 5.32 Å². The molecular weight excluding hydrogens is 358 g/mol. The molecule has 1 amide bonds. The molecule has 0 aliphatic carbocycles. The average molecular weight is 376 g/mol. The van der Waals surface area contributed by atoms with Gasteiger partial charge in [-0.2, -0.15) is 4.98 Å². The number of carbonyl (C=O) groups excluding carboxylic acids is 1. The summed E-state index contributed by atoms with van der Waals surface area (Å²) in [5.74, 6) is -0.356. The van der Waals surface area contributed by atoms with E-state index in [4.69, 9.17) is 11.6 Å². The highest BCUT2D eigenvalue weighted by Crippen LogP contribution is 2.17. The van der Waals surface area contributed by atoms with Gasteiger partial charge in [0.15, 0.2) is 11.2 Å². The van der Waals surface area contributed by atoms with Crippen LogP contribution >= 0.6 is 11.6 Å². The molecule has 3 aromatic rings. The Hall–Kier alpha value is -2.87. The molecule has 0 radical (unpaired) electrons. The van der Waals surface area contributed by atoms with Gasteiger partial charge in [0.2, 0.25) is 11.2 Å². The first-order valence-electron chi connectivity index (χ1n) is 7.89.